The van der Waals surface area contributed by atoms with Crippen molar-refractivity contribution in [1.29, 1.82) is 0 Å². The predicted octanol–water partition coefficient (Wildman–Crippen LogP) is 1.87. The van der Waals surface area contributed by atoms with Crippen LogP contribution in [0.5, 0.6) is 0 Å². The van der Waals surface area contributed by atoms with Crippen molar-refractivity contribution in [2.24, 2.45) is 11.7 Å². The molecule has 1 aliphatic heterocycles. The van der Waals surface area contributed by atoms with Gasteiger partial charge in [-0.2, -0.15) is 0 Å². The average Bonchev–Trinajstić information content (AvgIpc) is 2.69. The fourth-order valence-electron chi connectivity index (χ4n) is 2.00. The van der Waals surface area contributed by atoms with Crippen molar-refractivity contribution in [3.05, 3.63) is 23.8 Å². The second-order valence-corrected chi connectivity index (χ2v) is 3.93. The van der Waals surface area contributed by atoms with Crippen LogP contribution in [-0.4, -0.2) is 29.8 Å². The third-order valence-corrected chi connectivity index (χ3v) is 2.73. The molecule has 4 heteroatoms. The maximum absolute atomic E-state index is 11.6. The summed E-state index contributed by atoms with van der Waals surface area (Å²) in [5.74, 6) is -0.261. The molecular weight excluding hydrogens is 228 g/mol. The number of hydrogen-bond donors (Lipinski definition) is 1. The van der Waals surface area contributed by atoms with Gasteiger partial charge in [-0.3, -0.25) is 9.59 Å². The van der Waals surface area contributed by atoms with Gasteiger partial charge in [0.25, 0.3) is 0 Å². The Labute approximate surface area is 110 Å². The highest BCUT2D eigenvalue weighted by Crippen LogP contribution is 2.25. The molecule has 1 saturated heterocycles. The summed E-state index contributed by atoms with van der Waals surface area (Å²) in [6.07, 6.45) is 6.44. The number of nitrogens with zero attached hydrogens (tertiary/aromatic N) is 1. The van der Waals surface area contributed by atoms with Crippen LogP contribution in [0.2, 0.25) is 0 Å². The first-order valence-corrected chi connectivity index (χ1v) is 6.43. The van der Waals surface area contributed by atoms with Crippen molar-refractivity contribution in [2.75, 3.05) is 13.1 Å². The topological polar surface area (TPSA) is 63.4 Å². The number of nitrogens with two attached hydrogens (primary N) is 1. The van der Waals surface area contributed by atoms with Gasteiger partial charge in [0.2, 0.25) is 11.8 Å². The smallest absolute Gasteiger partial charge is 0.237 e. The number of amides is 2. The van der Waals surface area contributed by atoms with Crippen molar-refractivity contribution in [1.82, 2.24) is 4.90 Å². The van der Waals surface area contributed by atoms with Gasteiger partial charge in [-0.1, -0.05) is 32.1 Å². The summed E-state index contributed by atoms with van der Waals surface area (Å²) in [6.45, 7) is 8.52. The Hall–Kier alpha value is -1.58. The maximum atomic E-state index is 11.6. The summed E-state index contributed by atoms with van der Waals surface area (Å²) in [7, 11) is 0. The molecule has 0 radical (unpaired) electrons. The first kappa shape index (κ1) is 16.4. The van der Waals surface area contributed by atoms with E-state index in [2.05, 4.69) is 0 Å². The van der Waals surface area contributed by atoms with E-state index in [0.717, 1.165) is 5.57 Å². The second-order valence-electron chi connectivity index (χ2n) is 3.93. The van der Waals surface area contributed by atoms with E-state index in [4.69, 9.17) is 5.73 Å². The van der Waals surface area contributed by atoms with Crippen LogP contribution in [0, 0.1) is 5.92 Å². The number of allylic oxidation sites excluding steroid dienone is 3. The van der Waals surface area contributed by atoms with Crippen molar-refractivity contribution >= 4 is 11.8 Å². The van der Waals surface area contributed by atoms with Gasteiger partial charge >= 0.3 is 0 Å². The fourth-order valence-corrected chi connectivity index (χ4v) is 2.00. The van der Waals surface area contributed by atoms with Gasteiger partial charge in [-0.15, -0.1) is 0 Å². The predicted molar refractivity (Wildman–Crippen MR) is 73.8 cm³/mol. The SMILES string of the molecule is C/C=C\C(=C/C)C1CC(=O)N(CC(N)=O)C1.CC. The molecule has 2 amide bonds. The van der Waals surface area contributed by atoms with Crippen molar-refractivity contribution in [3.63, 3.8) is 0 Å². The van der Waals surface area contributed by atoms with Gasteiger partial charge in [-0.05, 0) is 19.4 Å². The molecule has 0 saturated carbocycles. The monoisotopic (exact) mass is 252 g/mol. The Morgan fingerprint density at radius 2 is 2.06 bits per heavy atom. The Kier molecular flexibility index (Phi) is 7.76. The van der Waals surface area contributed by atoms with Gasteiger partial charge < -0.3 is 10.6 Å². The molecule has 0 aromatic rings. The van der Waals surface area contributed by atoms with Crippen molar-refractivity contribution in [3.8, 4) is 0 Å². The fraction of sp³-hybridized carbons (Fsp3) is 0.571. The number of likely N-dealkylation sites (tertiary alicyclic amines) is 1. The lowest BCUT2D eigenvalue weighted by Crippen LogP contribution is -2.34. The third kappa shape index (κ3) is 4.73. The zero-order valence-electron chi connectivity index (χ0n) is 11.8. The Balaban J connectivity index is 0.00000137. The maximum Gasteiger partial charge on any atom is 0.237 e. The summed E-state index contributed by atoms with van der Waals surface area (Å²) >= 11 is 0. The lowest BCUT2D eigenvalue weighted by molar-refractivity contribution is -0.132. The number of primary amides is 1. The number of carbonyl (C=O) groups excluding carboxylic acids is 2. The Morgan fingerprint density at radius 1 is 1.44 bits per heavy atom. The summed E-state index contributed by atoms with van der Waals surface area (Å²) in [5.41, 5.74) is 6.23. The summed E-state index contributed by atoms with van der Waals surface area (Å²) in [5, 5.41) is 0. The molecule has 1 unspecified atom stereocenters. The molecule has 0 bridgehead atoms. The molecule has 0 aliphatic carbocycles. The molecule has 0 spiro atoms. The van der Waals surface area contributed by atoms with E-state index in [1.54, 1.807) is 0 Å². The van der Waals surface area contributed by atoms with Crippen LogP contribution < -0.4 is 5.73 Å². The minimum atomic E-state index is -0.456. The van der Waals surface area contributed by atoms with Crippen LogP contribution in [0.1, 0.15) is 34.1 Å². The lowest BCUT2D eigenvalue weighted by Gasteiger charge is -2.14. The minimum Gasteiger partial charge on any atom is -0.368 e. The van der Waals surface area contributed by atoms with Crippen LogP contribution in [-0.2, 0) is 9.59 Å². The Bertz CT molecular complexity index is 346. The van der Waals surface area contributed by atoms with Gasteiger partial charge in [-0.25, -0.2) is 0 Å². The van der Waals surface area contributed by atoms with Gasteiger partial charge in [0.15, 0.2) is 0 Å². The first-order chi connectivity index (χ1) is 8.58. The molecular formula is C14H24N2O2. The second kappa shape index (κ2) is 8.50. The zero-order valence-corrected chi connectivity index (χ0v) is 11.8. The van der Waals surface area contributed by atoms with Crippen LogP contribution in [0.25, 0.3) is 0 Å². The molecule has 102 valence electrons. The normalized spacial score (nSPS) is 20.0. The van der Waals surface area contributed by atoms with Crippen molar-refractivity contribution in [2.45, 2.75) is 34.1 Å². The van der Waals surface area contributed by atoms with Crippen molar-refractivity contribution < 1.29 is 9.59 Å². The summed E-state index contributed by atoms with van der Waals surface area (Å²) < 4.78 is 0. The molecule has 1 atom stereocenters. The number of hydrogen-bond acceptors (Lipinski definition) is 2. The molecule has 0 aromatic heterocycles. The quantitative estimate of drug-likeness (QED) is 0.776. The molecule has 1 aliphatic rings. The Morgan fingerprint density at radius 3 is 2.50 bits per heavy atom. The van der Waals surface area contributed by atoms with Gasteiger partial charge in [0, 0.05) is 18.9 Å². The number of carbonyl (C=O) groups is 2. The van der Waals surface area contributed by atoms with E-state index in [1.165, 1.54) is 4.90 Å². The molecule has 2 N–H and O–H groups in total. The molecule has 1 heterocycles. The highest BCUT2D eigenvalue weighted by molar-refractivity contribution is 5.85. The number of rotatable bonds is 4. The zero-order chi connectivity index (χ0) is 14.1. The van der Waals surface area contributed by atoms with E-state index in [9.17, 15) is 9.59 Å². The average molecular weight is 252 g/mol. The first-order valence-electron chi connectivity index (χ1n) is 6.43. The third-order valence-electron chi connectivity index (χ3n) is 2.73. The van der Waals surface area contributed by atoms with E-state index in [0.29, 0.717) is 13.0 Å². The van der Waals surface area contributed by atoms with E-state index in [-0.39, 0.29) is 18.4 Å². The highest BCUT2D eigenvalue weighted by Gasteiger charge is 2.31. The molecule has 1 fully saturated rings. The molecule has 4 nitrogen and oxygen atoms in total. The van der Waals surface area contributed by atoms with E-state index in [1.807, 2.05) is 45.9 Å². The lowest BCUT2D eigenvalue weighted by atomic mass is 9.97. The highest BCUT2D eigenvalue weighted by atomic mass is 16.2. The van der Waals surface area contributed by atoms with E-state index >= 15 is 0 Å². The largest absolute Gasteiger partial charge is 0.368 e. The minimum absolute atomic E-state index is 0.00709. The summed E-state index contributed by atoms with van der Waals surface area (Å²) in [4.78, 5) is 23.9. The van der Waals surface area contributed by atoms with E-state index < -0.39 is 5.91 Å². The van der Waals surface area contributed by atoms with Crippen LogP contribution in [0.3, 0.4) is 0 Å². The molecule has 0 aromatic carbocycles. The molecule has 18 heavy (non-hydrogen) atoms. The van der Waals surface area contributed by atoms with Crippen LogP contribution in [0.4, 0.5) is 0 Å². The van der Waals surface area contributed by atoms with Crippen LogP contribution in [0.15, 0.2) is 23.8 Å². The van der Waals surface area contributed by atoms with Gasteiger partial charge in [0.05, 0.1) is 6.54 Å². The van der Waals surface area contributed by atoms with Gasteiger partial charge in [0.1, 0.15) is 0 Å². The summed E-state index contributed by atoms with van der Waals surface area (Å²) in [6, 6.07) is 0. The standard InChI is InChI=1S/C12H18N2O2.C2H6/c1-3-5-9(4-2)10-6-12(16)14(7-10)8-11(13)15;1-2/h3-5,10H,6-8H2,1-2H3,(H2,13,15);1-2H3/b5-3-,9-4+;. The van der Waals surface area contributed by atoms with Crippen LogP contribution >= 0.6 is 0 Å². The molecule has 1 rings (SSSR count).